The second-order valence-corrected chi connectivity index (χ2v) is 1.96. The molecule has 0 radical (unpaired) electrons. The summed E-state index contributed by atoms with van der Waals surface area (Å²) in [7, 11) is 0. The highest BCUT2D eigenvalue weighted by atomic mass is 19.4. The summed E-state index contributed by atoms with van der Waals surface area (Å²) >= 11 is 0. The van der Waals surface area contributed by atoms with Crippen LogP contribution in [0.25, 0.3) is 0 Å². The zero-order valence-corrected chi connectivity index (χ0v) is 5.43. The highest BCUT2D eigenvalue weighted by Crippen LogP contribution is 2.28. The Balaban J connectivity index is 2.93. The lowest BCUT2D eigenvalue weighted by Gasteiger charge is -2.09. The standard InChI is InChI=1S/C7H5F3O/c8-7(9,11-10)6-4-2-1-3-5-6/h1-5H. The summed E-state index contributed by atoms with van der Waals surface area (Å²) in [5.41, 5.74) is -0.498. The van der Waals surface area contributed by atoms with Gasteiger partial charge in [-0.2, -0.15) is 8.78 Å². The van der Waals surface area contributed by atoms with Crippen LogP contribution in [0.3, 0.4) is 0 Å². The van der Waals surface area contributed by atoms with Crippen molar-refractivity contribution >= 4 is 0 Å². The van der Waals surface area contributed by atoms with Crippen molar-refractivity contribution in [1.82, 2.24) is 0 Å². The van der Waals surface area contributed by atoms with Gasteiger partial charge in [-0.25, -0.2) is 0 Å². The van der Waals surface area contributed by atoms with Crippen molar-refractivity contribution in [3.8, 4) is 0 Å². The first kappa shape index (κ1) is 8.07. The Morgan fingerprint density at radius 3 is 2.09 bits per heavy atom. The Bertz CT molecular complexity index is 222. The topological polar surface area (TPSA) is 9.23 Å². The van der Waals surface area contributed by atoms with E-state index in [0.717, 1.165) is 12.1 Å². The van der Waals surface area contributed by atoms with E-state index in [1.54, 1.807) is 6.07 Å². The molecular formula is C7H5F3O. The van der Waals surface area contributed by atoms with Crippen LogP contribution in [0.15, 0.2) is 30.3 Å². The minimum Gasteiger partial charge on any atom is -0.168 e. The molecule has 0 spiro atoms. The van der Waals surface area contributed by atoms with E-state index in [0.29, 0.717) is 0 Å². The summed E-state index contributed by atoms with van der Waals surface area (Å²) in [4.78, 5) is 2.49. The van der Waals surface area contributed by atoms with Gasteiger partial charge >= 0.3 is 6.11 Å². The fourth-order valence-electron chi connectivity index (χ4n) is 0.677. The first-order valence-electron chi connectivity index (χ1n) is 2.90. The Labute approximate surface area is 61.3 Å². The molecule has 4 heteroatoms. The lowest BCUT2D eigenvalue weighted by molar-refractivity contribution is -0.364. The molecule has 0 bridgehead atoms. The molecule has 0 atom stereocenters. The molecular weight excluding hydrogens is 157 g/mol. The molecule has 1 aromatic carbocycles. The van der Waals surface area contributed by atoms with Gasteiger partial charge in [-0.05, 0) is 4.53 Å². The minimum atomic E-state index is -3.83. The number of hydrogen-bond donors (Lipinski definition) is 0. The molecule has 1 nitrogen and oxygen atoms in total. The van der Waals surface area contributed by atoms with Gasteiger partial charge in [0, 0.05) is 0 Å². The van der Waals surface area contributed by atoms with Crippen LogP contribution in [0.1, 0.15) is 5.56 Å². The van der Waals surface area contributed by atoms with Crippen molar-refractivity contribution in [3.05, 3.63) is 35.9 Å². The third-order valence-electron chi connectivity index (χ3n) is 1.21. The molecule has 0 aliphatic carbocycles. The van der Waals surface area contributed by atoms with E-state index in [-0.39, 0.29) is 0 Å². The van der Waals surface area contributed by atoms with Gasteiger partial charge in [-0.15, -0.1) is 4.94 Å². The third-order valence-corrected chi connectivity index (χ3v) is 1.21. The minimum absolute atomic E-state index is 0.498. The van der Waals surface area contributed by atoms with Crippen LogP contribution in [0, 0.1) is 0 Å². The molecule has 0 aliphatic heterocycles. The molecule has 0 saturated carbocycles. The van der Waals surface area contributed by atoms with Crippen LogP contribution in [-0.2, 0) is 11.1 Å². The molecule has 1 aromatic rings. The molecule has 0 aromatic heterocycles. The molecule has 0 saturated heterocycles. The zero-order valence-electron chi connectivity index (χ0n) is 5.43. The largest absolute Gasteiger partial charge is 0.413 e. The van der Waals surface area contributed by atoms with Crippen molar-refractivity contribution in [2.45, 2.75) is 6.11 Å². The van der Waals surface area contributed by atoms with Crippen LogP contribution in [0.5, 0.6) is 0 Å². The third kappa shape index (κ3) is 1.71. The van der Waals surface area contributed by atoms with Crippen molar-refractivity contribution in [3.63, 3.8) is 0 Å². The molecule has 0 amide bonds. The average Bonchev–Trinajstić information content (AvgIpc) is 2.06. The normalized spacial score (nSPS) is 11.5. The Morgan fingerprint density at radius 2 is 1.64 bits per heavy atom. The van der Waals surface area contributed by atoms with Crippen LogP contribution >= 0.6 is 0 Å². The number of rotatable bonds is 2. The summed E-state index contributed by atoms with van der Waals surface area (Å²) in [6, 6.07) is 6.47. The SMILES string of the molecule is FOC(F)(F)c1ccccc1. The van der Waals surface area contributed by atoms with E-state index in [2.05, 4.69) is 4.94 Å². The van der Waals surface area contributed by atoms with E-state index in [4.69, 9.17) is 0 Å². The summed E-state index contributed by atoms with van der Waals surface area (Å²) in [5, 5.41) is 0. The smallest absolute Gasteiger partial charge is 0.168 e. The Morgan fingerprint density at radius 1 is 1.09 bits per heavy atom. The van der Waals surface area contributed by atoms with Gasteiger partial charge in [0.1, 0.15) is 0 Å². The fourth-order valence-corrected chi connectivity index (χ4v) is 0.677. The van der Waals surface area contributed by atoms with Crippen molar-refractivity contribution in [1.29, 1.82) is 0 Å². The first-order chi connectivity index (χ1) is 5.17. The van der Waals surface area contributed by atoms with E-state index >= 15 is 0 Å². The predicted molar refractivity (Wildman–Crippen MR) is 32.5 cm³/mol. The Kier molecular flexibility index (Phi) is 2.14. The van der Waals surface area contributed by atoms with Crippen LogP contribution in [-0.4, -0.2) is 0 Å². The molecule has 11 heavy (non-hydrogen) atoms. The first-order valence-corrected chi connectivity index (χ1v) is 2.90. The van der Waals surface area contributed by atoms with Crippen LogP contribution in [0.4, 0.5) is 13.3 Å². The monoisotopic (exact) mass is 162 g/mol. The number of halogens is 3. The fraction of sp³-hybridized carbons (Fsp3) is 0.143. The van der Waals surface area contributed by atoms with Gasteiger partial charge < -0.3 is 0 Å². The number of benzene rings is 1. The van der Waals surface area contributed by atoms with Gasteiger partial charge in [-0.3, -0.25) is 0 Å². The van der Waals surface area contributed by atoms with Gasteiger partial charge in [0.05, 0.1) is 5.56 Å². The van der Waals surface area contributed by atoms with Gasteiger partial charge in [0.25, 0.3) is 0 Å². The van der Waals surface area contributed by atoms with Crippen LogP contribution < -0.4 is 0 Å². The van der Waals surface area contributed by atoms with Gasteiger partial charge in [-0.1, -0.05) is 30.3 Å². The summed E-state index contributed by atoms with van der Waals surface area (Å²) < 4.78 is 35.8. The van der Waals surface area contributed by atoms with Crippen LogP contribution in [0.2, 0.25) is 0 Å². The molecule has 0 unspecified atom stereocenters. The Hall–Kier alpha value is -1.03. The number of hydrogen-bond acceptors (Lipinski definition) is 1. The molecule has 0 heterocycles. The molecule has 0 N–H and O–H groups in total. The van der Waals surface area contributed by atoms with Crippen molar-refractivity contribution in [2.24, 2.45) is 0 Å². The zero-order chi connectivity index (χ0) is 8.32. The highest BCUT2D eigenvalue weighted by Gasteiger charge is 2.33. The van der Waals surface area contributed by atoms with E-state index in [9.17, 15) is 13.3 Å². The summed E-state index contributed by atoms with van der Waals surface area (Å²) in [6.45, 7) is 0. The summed E-state index contributed by atoms with van der Waals surface area (Å²) in [5.74, 6) is 0. The van der Waals surface area contributed by atoms with Crippen molar-refractivity contribution in [2.75, 3.05) is 0 Å². The molecule has 1 rings (SSSR count). The maximum absolute atomic E-state index is 12.3. The van der Waals surface area contributed by atoms with E-state index in [1.165, 1.54) is 12.1 Å². The van der Waals surface area contributed by atoms with E-state index < -0.39 is 11.7 Å². The van der Waals surface area contributed by atoms with E-state index in [1.807, 2.05) is 0 Å². The lowest BCUT2D eigenvalue weighted by Crippen LogP contribution is -2.12. The lowest BCUT2D eigenvalue weighted by atomic mass is 10.2. The maximum atomic E-state index is 12.3. The average molecular weight is 162 g/mol. The second-order valence-electron chi connectivity index (χ2n) is 1.96. The molecule has 0 aliphatic rings. The predicted octanol–water partition coefficient (Wildman–Crippen LogP) is 2.64. The second kappa shape index (κ2) is 2.92. The number of alkyl halides is 2. The molecule has 0 fully saturated rings. The summed E-state index contributed by atoms with van der Waals surface area (Å²) in [6.07, 6.45) is -3.83. The van der Waals surface area contributed by atoms with Gasteiger partial charge in [0.2, 0.25) is 0 Å². The van der Waals surface area contributed by atoms with Gasteiger partial charge in [0.15, 0.2) is 0 Å². The quantitative estimate of drug-likeness (QED) is 0.649. The van der Waals surface area contributed by atoms with Crippen molar-refractivity contribution < 1.29 is 18.2 Å². The molecule has 60 valence electrons. The maximum Gasteiger partial charge on any atom is 0.413 e. The highest BCUT2D eigenvalue weighted by molar-refractivity contribution is 5.17.